The normalized spacial score (nSPS) is 20.8. The highest BCUT2D eigenvalue weighted by molar-refractivity contribution is 6.67. The number of anilines is 4. The van der Waals surface area contributed by atoms with Crippen LogP contribution in [0.2, 0.25) is 0 Å². The summed E-state index contributed by atoms with van der Waals surface area (Å²) in [6.07, 6.45) is 23.8. The summed E-state index contributed by atoms with van der Waals surface area (Å²) in [4.78, 5) is 9.51. The van der Waals surface area contributed by atoms with Crippen LogP contribution in [0.1, 0.15) is 47.1 Å². The topological polar surface area (TPSA) is 62.5 Å². The van der Waals surface area contributed by atoms with E-state index in [0.717, 1.165) is 55.0 Å². The molecule has 3 aliphatic rings. The molecule has 8 aromatic rings. The molecule has 8 nitrogen and oxygen atoms in total. The Morgan fingerprint density at radius 2 is 1.32 bits per heavy atom. The first-order valence-electron chi connectivity index (χ1n) is 26.4. The van der Waals surface area contributed by atoms with Crippen LogP contribution >= 0.6 is 0 Å². The predicted molar refractivity (Wildman–Crippen MR) is 291 cm³/mol. The summed E-state index contributed by atoms with van der Waals surface area (Å²) in [7, 11) is 4.27. The highest BCUT2D eigenvalue weighted by atomic mass is 16.5. The lowest BCUT2D eigenvalue weighted by Crippen LogP contribution is -2.26. The van der Waals surface area contributed by atoms with Gasteiger partial charge in [0.2, 0.25) is 5.95 Å². The molecule has 0 atom stereocenters. The molecule has 3 aliphatic heterocycles. The standard InChI is InChI=1S/C59H51B2N7O/c1-59(2,3)41-36-42(38-44(37-41)69-43-28-29-46-45-18-5-7-24-52(45)68(56(46)39-43)58-64-51-23-6-8-25-53(51)65(58)4)66-40-67(55-27-10-9-26-54(55)66)57-47(49-21-16-34-62-32-13-11-30-60-49)19-15-20-48(57)50-22-17-35-63-33-14-12-31-61-50/h5-39,62-63H,40H2,1-4H3/b30-11-,31-12-,32-13-,33-14-,34-16-,35-17-,49-21-,50-22-/i4D3,5D,7D,18D,24D. The molecule has 0 fully saturated rings. The maximum absolute atomic E-state index is 9.19. The summed E-state index contributed by atoms with van der Waals surface area (Å²) in [6, 6.07) is 32.0. The molecule has 11 rings (SSSR count). The van der Waals surface area contributed by atoms with Gasteiger partial charge in [0.05, 0.1) is 44.6 Å². The van der Waals surface area contributed by atoms with E-state index in [1.807, 2.05) is 85.3 Å². The molecule has 0 saturated heterocycles. The first-order chi connectivity index (χ1) is 36.7. The van der Waals surface area contributed by atoms with Crippen LogP contribution in [0.15, 0.2) is 213 Å². The SMILES string of the molecule is [2H]c1c([2H])c([2H])c2c(c1[2H])c1ccc(Oc3cc(N4CN(c5c(/C6=C/C=C\N/C=C\C=C/[B]6)cccc5/C5=C/C=C\N/C=C\C=C/[B]5)c5ccccc54)cc(C(C)(C)C)c3)cc1n2-c1nc2ccccc2n1C([2H])([2H])[2H]. The summed E-state index contributed by atoms with van der Waals surface area (Å²) in [5.74, 6) is 5.02. The van der Waals surface area contributed by atoms with Crippen molar-refractivity contribution < 1.29 is 14.3 Å². The van der Waals surface area contributed by atoms with E-state index in [9.17, 15) is 1.37 Å². The third kappa shape index (κ3) is 8.39. The molecule has 0 saturated carbocycles. The van der Waals surface area contributed by atoms with E-state index >= 15 is 0 Å². The van der Waals surface area contributed by atoms with Crippen LogP contribution < -0.4 is 25.2 Å². The van der Waals surface area contributed by atoms with Crippen molar-refractivity contribution in [3.05, 3.63) is 229 Å². The van der Waals surface area contributed by atoms with Crippen molar-refractivity contribution in [2.24, 2.45) is 6.98 Å². The van der Waals surface area contributed by atoms with Crippen LogP contribution in [0.4, 0.5) is 22.7 Å². The molecule has 10 heteroatoms. The van der Waals surface area contributed by atoms with Crippen LogP contribution in [0.3, 0.4) is 0 Å². The van der Waals surface area contributed by atoms with Crippen LogP contribution in [-0.4, -0.2) is 35.3 Å². The van der Waals surface area contributed by atoms with Gasteiger partial charge in [-0.1, -0.05) is 117 Å². The van der Waals surface area contributed by atoms with E-state index < -0.39 is 19.1 Å². The summed E-state index contributed by atoms with van der Waals surface area (Å²) in [6.45, 7) is 4.23. The fourth-order valence-corrected chi connectivity index (χ4v) is 9.09. The van der Waals surface area contributed by atoms with Crippen LogP contribution in [-0.2, 0) is 12.4 Å². The second kappa shape index (κ2) is 18.4. The van der Waals surface area contributed by atoms with Gasteiger partial charge < -0.3 is 29.7 Å². The Kier molecular flexibility index (Phi) is 9.53. The minimum atomic E-state index is -2.70. The number of nitrogens with zero attached hydrogens (tertiary/aromatic N) is 5. The number of allylic oxidation sites excluding steroid dienone is 8. The fraction of sp³-hybridized carbons (Fsp3) is 0.102. The number of para-hydroxylation sites is 6. The molecular weight excluding hydrogens is 844 g/mol. The van der Waals surface area contributed by atoms with Crippen LogP contribution in [0.5, 0.6) is 11.5 Å². The van der Waals surface area contributed by atoms with Crippen LogP contribution in [0.25, 0.3) is 49.7 Å². The van der Waals surface area contributed by atoms with Gasteiger partial charge in [0.1, 0.15) is 18.2 Å². The zero-order chi connectivity index (χ0) is 52.9. The number of rotatable bonds is 7. The first kappa shape index (κ1) is 35.8. The number of hydrogen-bond donors (Lipinski definition) is 2. The molecule has 69 heavy (non-hydrogen) atoms. The van der Waals surface area contributed by atoms with E-state index in [2.05, 4.69) is 116 Å². The molecule has 6 aromatic carbocycles. The Bertz CT molecular complexity index is 3820. The van der Waals surface area contributed by atoms with Gasteiger partial charge in [-0.2, -0.15) is 0 Å². The van der Waals surface area contributed by atoms with E-state index in [-0.39, 0.29) is 34.4 Å². The second-order valence-electron chi connectivity index (χ2n) is 17.8. The van der Waals surface area contributed by atoms with E-state index in [1.165, 1.54) is 4.57 Å². The number of ether oxygens (including phenoxy) is 1. The molecule has 2 radical (unpaired) electrons. The number of nitrogens with one attached hydrogen (secondary N) is 2. The number of imidazole rings is 1. The van der Waals surface area contributed by atoms with Crippen LogP contribution in [0, 0.1) is 0 Å². The average Bonchev–Trinajstić information content (AvgIpc) is 4.22. The van der Waals surface area contributed by atoms with Gasteiger partial charge in [0.25, 0.3) is 0 Å². The number of benzene rings is 6. The third-order valence-electron chi connectivity index (χ3n) is 12.4. The van der Waals surface area contributed by atoms with Gasteiger partial charge >= 0.3 is 0 Å². The number of aromatic nitrogens is 3. The number of aryl methyl sites for hydroxylation is 1. The predicted octanol–water partition coefficient (Wildman–Crippen LogP) is 13.4. The van der Waals surface area contributed by atoms with E-state index in [1.54, 1.807) is 42.5 Å². The summed E-state index contributed by atoms with van der Waals surface area (Å²) in [5, 5.41) is 7.14. The zero-order valence-corrected chi connectivity index (χ0v) is 38.4. The minimum Gasteiger partial charge on any atom is -0.457 e. The van der Waals surface area contributed by atoms with Crippen molar-refractivity contribution in [1.82, 2.24) is 24.8 Å². The maximum atomic E-state index is 9.19. The smallest absolute Gasteiger partial charge is 0.215 e. The van der Waals surface area contributed by atoms with Gasteiger partial charge in [-0.15, -0.1) is 12.0 Å². The molecule has 5 heterocycles. The number of hydrogen-bond acceptors (Lipinski definition) is 6. The van der Waals surface area contributed by atoms with Crippen molar-refractivity contribution in [1.29, 1.82) is 0 Å². The monoisotopic (exact) mass is 902 g/mol. The van der Waals surface area contributed by atoms with Gasteiger partial charge in [0.15, 0.2) is 14.6 Å². The Balaban J connectivity index is 1.06. The molecule has 334 valence electrons. The Labute approximate surface area is 415 Å². The Hall–Kier alpha value is -8.36. The molecule has 2 aromatic heterocycles. The van der Waals surface area contributed by atoms with E-state index in [4.69, 9.17) is 17.9 Å². The van der Waals surface area contributed by atoms with Crippen molar-refractivity contribution in [2.45, 2.75) is 26.2 Å². The van der Waals surface area contributed by atoms with Gasteiger partial charge in [-0.3, -0.25) is 4.57 Å². The summed E-state index contributed by atoms with van der Waals surface area (Å²) < 4.78 is 71.2. The summed E-state index contributed by atoms with van der Waals surface area (Å²) >= 11 is 0. The highest BCUT2D eigenvalue weighted by Crippen LogP contribution is 2.49. The molecule has 0 bridgehead atoms. The lowest BCUT2D eigenvalue weighted by molar-refractivity contribution is 0.479. The van der Waals surface area contributed by atoms with Gasteiger partial charge in [0, 0.05) is 64.5 Å². The minimum absolute atomic E-state index is 0.0177. The van der Waals surface area contributed by atoms with Gasteiger partial charge in [-0.05, 0) is 101 Å². The lowest BCUT2D eigenvalue weighted by atomic mass is 9.63. The summed E-state index contributed by atoms with van der Waals surface area (Å²) in [5.41, 5.74) is 10.0. The second-order valence-corrected chi connectivity index (χ2v) is 17.8. The van der Waals surface area contributed by atoms with Crippen molar-refractivity contribution in [3.63, 3.8) is 0 Å². The average molecular weight is 903 g/mol. The molecule has 2 N–H and O–H groups in total. The largest absolute Gasteiger partial charge is 0.457 e. The molecule has 0 unspecified atom stereocenters. The van der Waals surface area contributed by atoms with Crippen molar-refractivity contribution >= 4 is 81.1 Å². The molecule has 0 amide bonds. The van der Waals surface area contributed by atoms with Crippen molar-refractivity contribution in [3.8, 4) is 17.4 Å². The third-order valence-corrected chi connectivity index (χ3v) is 12.4. The number of fused-ring (bicyclic) bond motifs is 5. The maximum Gasteiger partial charge on any atom is 0.215 e. The molecular formula is C59H51B2N7O. The Morgan fingerprint density at radius 3 is 2.04 bits per heavy atom. The molecule has 0 spiro atoms. The van der Waals surface area contributed by atoms with E-state index in [0.29, 0.717) is 40.1 Å². The lowest BCUT2D eigenvalue weighted by Gasteiger charge is -2.29. The Morgan fingerprint density at radius 1 is 0.638 bits per heavy atom. The molecule has 0 aliphatic carbocycles. The highest BCUT2D eigenvalue weighted by Gasteiger charge is 2.33. The fourth-order valence-electron chi connectivity index (χ4n) is 9.09. The zero-order valence-electron chi connectivity index (χ0n) is 45.4. The van der Waals surface area contributed by atoms with Crippen molar-refractivity contribution in [2.75, 3.05) is 16.5 Å². The first-order valence-corrected chi connectivity index (χ1v) is 22.9. The quantitative estimate of drug-likeness (QED) is 0.155. The van der Waals surface area contributed by atoms with Gasteiger partial charge in [-0.25, -0.2) is 4.98 Å².